The molecule has 0 atom stereocenters. The molecule has 198 valence electrons. The third kappa shape index (κ3) is 5.92. The molecule has 0 aliphatic carbocycles. The molecule has 8 nitrogen and oxygen atoms in total. The quantitative estimate of drug-likeness (QED) is 0.240. The van der Waals surface area contributed by atoms with Crippen molar-refractivity contribution in [3.8, 4) is 23.0 Å². The Morgan fingerprint density at radius 2 is 1.61 bits per heavy atom. The zero-order valence-electron chi connectivity index (χ0n) is 21.4. The molecule has 4 aromatic rings. The van der Waals surface area contributed by atoms with Crippen LogP contribution in [-0.4, -0.2) is 38.4 Å². The summed E-state index contributed by atoms with van der Waals surface area (Å²) in [6.07, 6.45) is 1.64. The highest BCUT2D eigenvalue weighted by Crippen LogP contribution is 2.38. The van der Waals surface area contributed by atoms with E-state index in [1.165, 1.54) is 0 Å². The van der Waals surface area contributed by atoms with E-state index in [1.807, 2.05) is 13.8 Å². The van der Waals surface area contributed by atoms with E-state index in [9.17, 15) is 13.6 Å². The second-order valence-electron chi connectivity index (χ2n) is 8.34. The molecule has 38 heavy (non-hydrogen) atoms. The van der Waals surface area contributed by atoms with E-state index in [4.69, 9.17) is 18.9 Å². The lowest BCUT2D eigenvalue weighted by molar-refractivity contribution is 0.144. The van der Waals surface area contributed by atoms with Crippen molar-refractivity contribution < 1.29 is 32.5 Å². The van der Waals surface area contributed by atoms with Crippen molar-refractivity contribution in [1.29, 1.82) is 0 Å². The van der Waals surface area contributed by atoms with Gasteiger partial charge in [-0.2, -0.15) is 0 Å². The first-order chi connectivity index (χ1) is 18.3. The number of hydrogen-bond acceptors (Lipinski definition) is 6. The van der Waals surface area contributed by atoms with Crippen molar-refractivity contribution in [3.63, 3.8) is 0 Å². The largest absolute Gasteiger partial charge is 0.493 e. The molecule has 0 saturated heterocycles. The van der Waals surface area contributed by atoms with Crippen molar-refractivity contribution in [3.05, 3.63) is 77.5 Å². The van der Waals surface area contributed by atoms with Crippen molar-refractivity contribution in [2.45, 2.75) is 13.8 Å². The minimum atomic E-state index is -0.869. The lowest BCUT2D eigenvalue weighted by atomic mass is 10.1. The van der Waals surface area contributed by atoms with Crippen molar-refractivity contribution in [2.75, 3.05) is 38.1 Å². The minimum absolute atomic E-state index is 0.134. The molecule has 3 aromatic carbocycles. The SMILES string of the molecule is COCCOc1cc2nccc(Oc3ccc(NC(=O)Nc4ccc(F)cc4F)c(C)c3C)c2cc1OC. The van der Waals surface area contributed by atoms with Gasteiger partial charge in [-0.15, -0.1) is 0 Å². The summed E-state index contributed by atoms with van der Waals surface area (Å²) in [6, 6.07) is 11.0. The number of nitrogens with one attached hydrogen (secondary N) is 2. The van der Waals surface area contributed by atoms with Crippen LogP contribution in [0.25, 0.3) is 10.9 Å². The number of rotatable bonds is 9. The van der Waals surface area contributed by atoms with Crippen LogP contribution in [0.4, 0.5) is 25.0 Å². The highest BCUT2D eigenvalue weighted by molar-refractivity contribution is 6.00. The Balaban J connectivity index is 1.55. The predicted octanol–water partition coefficient (Wildman–Crippen LogP) is 6.60. The molecule has 1 heterocycles. The maximum atomic E-state index is 13.9. The number of hydrogen-bond donors (Lipinski definition) is 2. The number of methoxy groups -OCH3 is 2. The second-order valence-corrected chi connectivity index (χ2v) is 8.34. The maximum Gasteiger partial charge on any atom is 0.323 e. The summed E-state index contributed by atoms with van der Waals surface area (Å²) in [6.45, 7) is 4.49. The molecule has 0 unspecified atom stereocenters. The molecular weight excluding hydrogens is 496 g/mol. The number of urea groups is 1. The van der Waals surface area contributed by atoms with Crippen LogP contribution >= 0.6 is 0 Å². The van der Waals surface area contributed by atoms with Gasteiger partial charge < -0.3 is 29.6 Å². The van der Waals surface area contributed by atoms with Crippen molar-refractivity contribution in [1.82, 2.24) is 4.98 Å². The van der Waals surface area contributed by atoms with E-state index in [2.05, 4.69) is 15.6 Å². The number of carbonyl (C=O) groups excluding carboxylic acids is 1. The summed E-state index contributed by atoms with van der Waals surface area (Å²) in [5.74, 6) is 0.610. The predicted molar refractivity (Wildman–Crippen MR) is 141 cm³/mol. The smallest absolute Gasteiger partial charge is 0.323 e. The van der Waals surface area contributed by atoms with Gasteiger partial charge in [-0.3, -0.25) is 4.98 Å². The van der Waals surface area contributed by atoms with E-state index in [-0.39, 0.29) is 5.69 Å². The number of pyridine rings is 1. The van der Waals surface area contributed by atoms with Gasteiger partial charge in [0.1, 0.15) is 29.7 Å². The van der Waals surface area contributed by atoms with Gasteiger partial charge in [0.2, 0.25) is 0 Å². The molecule has 0 saturated carbocycles. The number of amides is 2. The van der Waals surface area contributed by atoms with Crippen molar-refractivity contribution >= 4 is 28.3 Å². The number of benzene rings is 3. The molecule has 10 heteroatoms. The molecular formula is C28H27F2N3O5. The maximum absolute atomic E-state index is 13.9. The second kappa shape index (κ2) is 11.7. The van der Waals surface area contributed by atoms with E-state index in [0.717, 1.165) is 28.6 Å². The summed E-state index contributed by atoms with van der Waals surface area (Å²) in [5, 5.41) is 5.79. The fourth-order valence-corrected chi connectivity index (χ4v) is 3.75. The summed E-state index contributed by atoms with van der Waals surface area (Å²) < 4.78 is 49.6. The fourth-order valence-electron chi connectivity index (χ4n) is 3.75. The monoisotopic (exact) mass is 523 g/mol. The molecule has 0 aliphatic rings. The summed E-state index contributed by atoms with van der Waals surface area (Å²) in [5.41, 5.74) is 2.57. The van der Waals surface area contributed by atoms with E-state index in [0.29, 0.717) is 53.5 Å². The summed E-state index contributed by atoms with van der Waals surface area (Å²) in [4.78, 5) is 16.9. The van der Waals surface area contributed by atoms with Gasteiger partial charge in [-0.1, -0.05) is 0 Å². The van der Waals surface area contributed by atoms with Crippen molar-refractivity contribution in [2.24, 2.45) is 0 Å². The Hall–Kier alpha value is -4.44. The number of ether oxygens (including phenoxy) is 4. The van der Waals surface area contributed by atoms with Gasteiger partial charge in [-0.25, -0.2) is 13.6 Å². The summed E-state index contributed by atoms with van der Waals surface area (Å²) in [7, 11) is 3.16. The Morgan fingerprint density at radius 3 is 2.34 bits per heavy atom. The van der Waals surface area contributed by atoms with Gasteiger partial charge in [0.25, 0.3) is 0 Å². The number of nitrogens with zero attached hydrogens (tertiary/aromatic N) is 1. The lowest BCUT2D eigenvalue weighted by Crippen LogP contribution is -2.21. The number of aromatic nitrogens is 1. The van der Waals surface area contributed by atoms with Gasteiger partial charge in [0.15, 0.2) is 11.5 Å². The van der Waals surface area contributed by atoms with Gasteiger partial charge in [0, 0.05) is 36.5 Å². The van der Waals surface area contributed by atoms with Crippen LogP contribution in [0.5, 0.6) is 23.0 Å². The molecule has 2 amide bonds. The highest BCUT2D eigenvalue weighted by atomic mass is 19.1. The van der Waals surface area contributed by atoms with Gasteiger partial charge in [0.05, 0.1) is 24.9 Å². The normalized spacial score (nSPS) is 10.8. The topological polar surface area (TPSA) is 90.9 Å². The molecule has 4 rings (SSSR count). The standard InChI is InChI=1S/C28H27F2N3O5/c1-16-17(2)24(8-7-21(16)32-28(34)33-22-6-5-18(29)13-20(22)30)38-25-9-10-31-23-15-27(37-12-11-35-3)26(36-4)14-19(23)25/h5-10,13-15H,11-12H2,1-4H3,(H2,32,33,34). The van der Waals surface area contributed by atoms with E-state index >= 15 is 0 Å². The van der Waals surface area contributed by atoms with E-state index < -0.39 is 17.7 Å². The molecule has 2 N–H and O–H groups in total. The number of anilines is 2. The van der Waals surface area contributed by atoms with Crippen LogP contribution in [0.2, 0.25) is 0 Å². The average Bonchev–Trinajstić information content (AvgIpc) is 2.90. The minimum Gasteiger partial charge on any atom is -0.493 e. The molecule has 1 aromatic heterocycles. The fraction of sp³-hybridized carbons (Fsp3) is 0.214. The molecule has 0 aliphatic heterocycles. The molecule has 0 spiro atoms. The van der Waals surface area contributed by atoms with Crippen LogP contribution in [0.3, 0.4) is 0 Å². The average molecular weight is 524 g/mol. The zero-order chi connectivity index (χ0) is 27.2. The third-order valence-corrected chi connectivity index (χ3v) is 5.92. The first-order valence-electron chi connectivity index (χ1n) is 11.7. The Morgan fingerprint density at radius 1 is 0.842 bits per heavy atom. The third-order valence-electron chi connectivity index (χ3n) is 5.92. The molecule has 0 radical (unpaired) electrons. The molecule has 0 bridgehead atoms. The first kappa shape index (κ1) is 26.6. The van der Waals surface area contributed by atoms with Crippen LogP contribution < -0.4 is 24.8 Å². The lowest BCUT2D eigenvalue weighted by Gasteiger charge is -2.17. The molecule has 0 fully saturated rings. The number of carbonyl (C=O) groups is 1. The number of fused-ring (bicyclic) bond motifs is 1. The van der Waals surface area contributed by atoms with E-state index in [1.54, 1.807) is 50.7 Å². The number of halogens is 2. The van der Waals surface area contributed by atoms with Crippen LogP contribution in [-0.2, 0) is 4.74 Å². The van der Waals surface area contributed by atoms with Crippen LogP contribution in [0.1, 0.15) is 11.1 Å². The van der Waals surface area contributed by atoms with Gasteiger partial charge >= 0.3 is 6.03 Å². The Kier molecular flexibility index (Phi) is 8.22. The first-order valence-corrected chi connectivity index (χ1v) is 11.7. The van der Waals surface area contributed by atoms with Crippen LogP contribution in [0.15, 0.2) is 54.7 Å². The Labute approximate surface area is 218 Å². The van der Waals surface area contributed by atoms with Gasteiger partial charge in [-0.05, 0) is 61.4 Å². The van der Waals surface area contributed by atoms with Crippen LogP contribution in [0, 0.1) is 25.5 Å². The highest BCUT2D eigenvalue weighted by Gasteiger charge is 2.15. The zero-order valence-corrected chi connectivity index (χ0v) is 21.4. The summed E-state index contributed by atoms with van der Waals surface area (Å²) >= 11 is 0. The Bertz CT molecular complexity index is 1480.